The van der Waals surface area contributed by atoms with Gasteiger partial charge in [-0.2, -0.15) is 0 Å². The van der Waals surface area contributed by atoms with Crippen molar-refractivity contribution in [3.8, 4) is 0 Å². The standard InChI is InChI=1S/C10H16BrN3O/c1-10(2,6-15)14(3)9-7(11)4-13-5-8(9)12/h4-5,15H,6,12H2,1-3H3. The Labute approximate surface area is 98.2 Å². The summed E-state index contributed by atoms with van der Waals surface area (Å²) in [6, 6.07) is 0. The molecule has 0 aliphatic heterocycles. The topological polar surface area (TPSA) is 62.4 Å². The molecule has 0 aromatic carbocycles. The number of nitrogens with zero attached hydrogens (tertiary/aromatic N) is 2. The molecule has 0 aliphatic rings. The highest BCUT2D eigenvalue weighted by molar-refractivity contribution is 9.10. The lowest BCUT2D eigenvalue weighted by molar-refractivity contribution is 0.216. The van der Waals surface area contributed by atoms with E-state index in [0.717, 1.165) is 10.2 Å². The number of aliphatic hydroxyl groups excluding tert-OH is 1. The van der Waals surface area contributed by atoms with E-state index in [4.69, 9.17) is 5.73 Å². The molecule has 15 heavy (non-hydrogen) atoms. The zero-order valence-corrected chi connectivity index (χ0v) is 10.7. The third kappa shape index (κ3) is 2.41. The van der Waals surface area contributed by atoms with Crippen LogP contribution >= 0.6 is 15.9 Å². The Kier molecular flexibility index (Phi) is 3.57. The maximum absolute atomic E-state index is 9.29. The van der Waals surface area contributed by atoms with E-state index in [0.29, 0.717) is 5.69 Å². The Morgan fingerprint density at radius 3 is 2.60 bits per heavy atom. The van der Waals surface area contributed by atoms with Gasteiger partial charge in [0, 0.05) is 13.2 Å². The first-order valence-corrected chi connectivity index (χ1v) is 5.43. The van der Waals surface area contributed by atoms with E-state index in [1.54, 1.807) is 12.4 Å². The Hall–Kier alpha value is -0.810. The SMILES string of the molecule is CN(c1c(N)cncc1Br)C(C)(C)CO. The summed E-state index contributed by atoms with van der Waals surface area (Å²) in [6.45, 7) is 3.94. The van der Waals surface area contributed by atoms with Gasteiger partial charge in [0.05, 0.1) is 34.2 Å². The van der Waals surface area contributed by atoms with Gasteiger partial charge in [-0.3, -0.25) is 4.98 Å². The summed E-state index contributed by atoms with van der Waals surface area (Å²) in [7, 11) is 1.90. The third-order valence-electron chi connectivity index (χ3n) is 2.53. The molecule has 0 fully saturated rings. The summed E-state index contributed by atoms with van der Waals surface area (Å²) in [5.41, 5.74) is 6.94. The minimum atomic E-state index is -0.363. The molecule has 0 amide bonds. The smallest absolute Gasteiger partial charge is 0.0778 e. The predicted molar refractivity (Wildman–Crippen MR) is 65.9 cm³/mol. The van der Waals surface area contributed by atoms with E-state index in [-0.39, 0.29) is 12.1 Å². The first-order chi connectivity index (χ1) is 6.90. The molecule has 0 saturated heterocycles. The van der Waals surface area contributed by atoms with Crippen LogP contribution in [0.15, 0.2) is 16.9 Å². The number of likely N-dealkylation sites (N-methyl/N-ethyl adjacent to an activating group) is 1. The molecular formula is C10H16BrN3O. The second-order valence-electron chi connectivity index (χ2n) is 4.09. The average Bonchev–Trinajstić information content (AvgIpc) is 2.17. The summed E-state index contributed by atoms with van der Waals surface area (Å²) in [5, 5.41) is 9.29. The van der Waals surface area contributed by atoms with Crippen LogP contribution in [0, 0.1) is 0 Å². The number of hydrogen-bond acceptors (Lipinski definition) is 4. The lowest BCUT2D eigenvalue weighted by atomic mass is 10.0. The molecule has 3 N–H and O–H groups in total. The van der Waals surface area contributed by atoms with Gasteiger partial charge in [0.25, 0.3) is 0 Å². The van der Waals surface area contributed by atoms with Crippen LogP contribution in [-0.4, -0.2) is 29.3 Å². The summed E-state index contributed by atoms with van der Waals surface area (Å²) < 4.78 is 0.825. The molecule has 4 nitrogen and oxygen atoms in total. The lowest BCUT2D eigenvalue weighted by Crippen LogP contribution is -2.44. The number of nitrogen functional groups attached to an aromatic ring is 1. The highest BCUT2D eigenvalue weighted by atomic mass is 79.9. The van der Waals surface area contributed by atoms with Crippen molar-refractivity contribution in [2.75, 3.05) is 24.3 Å². The molecule has 1 aromatic rings. The number of nitrogens with two attached hydrogens (primary N) is 1. The van der Waals surface area contributed by atoms with Gasteiger partial charge < -0.3 is 15.7 Å². The van der Waals surface area contributed by atoms with E-state index >= 15 is 0 Å². The fourth-order valence-electron chi connectivity index (χ4n) is 1.21. The van der Waals surface area contributed by atoms with Crippen molar-refractivity contribution in [1.82, 2.24) is 4.98 Å². The Morgan fingerprint density at radius 2 is 2.13 bits per heavy atom. The predicted octanol–water partition coefficient (Wildman–Crippen LogP) is 1.63. The third-order valence-corrected chi connectivity index (χ3v) is 3.11. The van der Waals surface area contributed by atoms with Gasteiger partial charge in [0.15, 0.2) is 0 Å². The number of pyridine rings is 1. The minimum absolute atomic E-state index is 0.0533. The van der Waals surface area contributed by atoms with Crippen molar-refractivity contribution in [3.63, 3.8) is 0 Å². The van der Waals surface area contributed by atoms with Crippen LogP contribution in [0.2, 0.25) is 0 Å². The maximum Gasteiger partial charge on any atom is 0.0778 e. The fraction of sp³-hybridized carbons (Fsp3) is 0.500. The van der Waals surface area contributed by atoms with Gasteiger partial charge in [0.2, 0.25) is 0 Å². The molecule has 0 aliphatic carbocycles. The molecule has 1 rings (SSSR count). The van der Waals surface area contributed by atoms with Crippen molar-refractivity contribution in [2.45, 2.75) is 19.4 Å². The normalized spacial score (nSPS) is 11.5. The molecule has 1 heterocycles. The Morgan fingerprint density at radius 1 is 1.53 bits per heavy atom. The average molecular weight is 274 g/mol. The van der Waals surface area contributed by atoms with Crippen molar-refractivity contribution in [1.29, 1.82) is 0 Å². The van der Waals surface area contributed by atoms with E-state index in [1.165, 1.54) is 0 Å². The van der Waals surface area contributed by atoms with Gasteiger partial charge in [-0.05, 0) is 29.8 Å². The Balaban J connectivity index is 3.16. The first-order valence-electron chi connectivity index (χ1n) is 4.64. The van der Waals surface area contributed by atoms with Gasteiger partial charge in [0.1, 0.15) is 0 Å². The molecular weight excluding hydrogens is 258 g/mol. The number of hydrogen-bond donors (Lipinski definition) is 2. The van der Waals surface area contributed by atoms with Crippen LogP contribution in [0.3, 0.4) is 0 Å². The summed E-state index contributed by atoms with van der Waals surface area (Å²) in [4.78, 5) is 5.91. The molecule has 0 spiro atoms. The summed E-state index contributed by atoms with van der Waals surface area (Å²) >= 11 is 3.40. The highest BCUT2D eigenvalue weighted by Crippen LogP contribution is 2.34. The zero-order valence-electron chi connectivity index (χ0n) is 9.16. The number of halogens is 1. The van der Waals surface area contributed by atoms with Gasteiger partial charge in [-0.15, -0.1) is 0 Å². The highest BCUT2D eigenvalue weighted by Gasteiger charge is 2.25. The van der Waals surface area contributed by atoms with E-state index < -0.39 is 0 Å². The maximum atomic E-state index is 9.29. The second-order valence-corrected chi connectivity index (χ2v) is 4.94. The molecule has 84 valence electrons. The van der Waals surface area contributed by atoms with Gasteiger partial charge >= 0.3 is 0 Å². The van der Waals surface area contributed by atoms with Crippen LogP contribution < -0.4 is 10.6 Å². The van der Waals surface area contributed by atoms with Crippen LogP contribution in [-0.2, 0) is 0 Å². The van der Waals surface area contributed by atoms with Gasteiger partial charge in [-0.25, -0.2) is 0 Å². The largest absolute Gasteiger partial charge is 0.396 e. The molecule has 0 bridgehead atoms. The molecule has 0 unspecified atom stereocenters. The molecule has 0 radical (unpaired) electrons. The minimum Gasteiger partial charge on any atom is -0.396 e. The van der Waals surface area contributed by atoms with Crippen LogP contribution in [0.4, 0.5) is 11.4 Å². The second kappa shape index (κ2) is 4.37. The van der Waals surface area contributed by atoms with E-state index in [9.17, 15) is 5.11 Å². The van der Waals surface area contributed by atoms with E-state index in [1.807, 2.05) is 25.8 Å². The molecule has 1 aromatic heterocycles. The van der Waals surface area contributed by atoms with Gasteiger partial charge in [-0.1, -0.05) is 0 Å². The number of rotatable bonds is 3. The Bertz CT molecular complexity index is 334. The van der Waals surface area contributed by atoms with Crippen molar-refractivity contribution in [3.05, 3.63) is 16.9 Å². The van der Waals surface area contributed by atoms with Crippen LogP contribution in [0.5, 0.6) is 0 Å². The van der Waals surface area contributed by atoms with E-state index in [2.05, 4.69) is 20.9 Å². The van der Waals surface area contributed by atoms with Crippen molar-refractivity contribution in [2.24, 2.45) is 0 Å². The number of aromatic nitrogens is 1. The number of aliphatic hydroxyl groups is 1. The molecule has 5 heteroatoms. The molecule has 0 atom stereocenters. The van der Waals surface area contributed by atoms with Crippen LogP contribution in [0.1, 0.15) is 13.8 Å². The number of anilines is 2. The van der Waals surface area contributed by atoms with Crippen molar-refractivity contribution >= 4 is 27.3 Å². The quantitative estimate of drug-likeness (QED) is 0.879. The lowest BCUT2D eigenvalue weighted by Gasteiger charge is -2.36. The summed E-state index contributed by atoms with van der Waals surface area (Å²) in [5.74, 6) is 0. The van der Waals surface area contributed by atoms with Crippen LogP contribution in [0.25, 0.3) is 0 Å². The summed E-state index contributed by atoms with van der Waals surface area (Å²) in [6.07, 6.45) is 3.29. The van der Waals surface area contributed by atoms with Crippen molar-refractivity contribution < 1.29 is 5.11 Å². The monoisotopic (exact) mass is 273 g/mol. The molecule has 0 saturated carbocycles. The zero-order chi connectivity index (χ0) is 11.6. The first kappa shape index (κ1) is 12.3. The fourth-order valence-corrected chi connectivity index (χ4v) is 1.82.